The Morgan fingerprint density at radius 3 is 3.00 bits per heavy atom. The fraction of sp³-hybridized carbons (Fsp3) is 0.933. The first-order valence-electron chi connectivity index (χ1n) is 7.97. The molecular weight excluding hydrogens is 256 g/mol. The quantitative estimate of drug-likeness (QED) is 0.791. The fourth-order valence-corrected chi connectivity index (χ4v) is 3.07. The third kappa shape index (κ3) is 3.93. The van der Waals surface area contributed by atoms with Crippen LogP contribution in [0.3, 0.4) is 0 Å². The van der Waals surface area contributed by atoms with Gasteiger partial charge in [0.25, 0.3) is 0 Å². The summed E-state index contributed by atoms with van der Waals surface area (Å²) in [6.45, 7) is 8.62. The molecule has 2 heterocycles. The minimum atomic E-state index is -0.0260. The fourth-order valence-electron chi connectivity index (χ4n) is 3.07. The predicted octanol–water partition coefficient (Wildman–Crippen LogP) is 1.03. The van der Waals surface area contributed by atoms with Crippen LogP contribution >= 0.6 is 0 Å². The van der Waals surface area contributed by atoms with Crippen molar-refractivity contribution in [1.29, 1.82) is 0 Å². The van der Waals surface area contributed by atoms with Crippen molar-refractivity contribution in [2.75, 3.05) is 39.5 Å². The monoisotopic (exact) mass is 284 g/mol. The maximum atomic E-state index is 12.7. The van der Waals surface area contributed by atoms with Crippen LogP contribution in [0.15, 0.2) is 0 Å². The van der Waals surface area contributed by atoms with Crippen molar-refractivity contribution >= 4 is 5.91 Å². The van der Waals surface area contributed by atoms with Crippen LogP contribution < -0.4 is 5.32 Å². The van der Waals surface area contributed by atoms with Crippen molar-refractivity contribution in [3.05, 3.63) is 0 Å². The zero-order chi connectivity index (χ0) is 14.4. The van der Waals surface area contributed by atoms with Gasteiger partial charge in [0, 0.05) is 25.7 Å². The average Bonchev–Trinajstić information content (AvgIpc) is 2.93. The van der Waals surface area contributed by atoms with E-state index in [2.05, 4.69) is 12.2 Å². The van der Waals surface area contributed by atoms with Crippen molar-refractivity contribution in [2.45, 2.75) is 45.3 Å². The normalized spacial score (nSPS) is 30.7. The van der Waals surface area contributed by atoms with E-state index in [1.165, 1.54) is 0 Å². The standard InChI is InChI=1S/C15H28N2O3/c1-3-7-16-14-11-19-10-13(14)15(18)17-8-5-6-12(9-17)20-4-2/h12-14,16H,3-11H2,1-2H3. The number of hydrogen-bond acceptors (Lipinski definition) is 4. The Kier molecular flexibility index (Phi) is 6.26. The number of nitrogens with zero attached hydrogens (tertiary/aromatic N) is 1. The van der Waals surface area contributed by atoms with Gasteiger partial charge in [0.15, 0.2) is 0 Å². The molecule has 0 radical (unpaired) electrons. The second-order valence-corrected chi connectivity index (χ2v) is 5.71. The minimum absolute atomic E-state index is 0.0260. The first kappa shape index (κ1) is 15.7. The highest BCUT2D eigenvalue weighted by Crippen LogP contribution is 2.21. The third-order valence-electron chi connectivity index (χ3n) is 4.15. The zero-order valence-corrected chi connectivity index (χ0v) is 12.8. The number of carbonyl (C=O) groups is 1. The Balaban J connectivity index is 1.88. The van der Waals surface area contributed by atoms with Gasteiger partial charge < -0.3 is 19.7 Å². The summed E-state index contributed by atoms with van der Waals surface area (Å²) >= 11 is 0. The summed E-state index contributed by atoms with van der Waals surface area (Å²) in [5, 5.41) is 3.43. The molecule has 0 saturated carbocycles. The third-order valence-corrected chi connectivity index (χ3v) is 4.15. The lowest BCUT2D eigenvalue weighted by molar-refractivity contribution is -0.140. The maximum Gasteiger partial charge on any atom is 0.229 e. The summed E-state index contributed by atoms with van der Waals surface area (Å²) < 4.78 is 11.2. The van der Waals surface area contributed by atoms with Crippen LogP contribution in [0.2, 0.25) is 0 Å². The summed E-state index contributed by atoms with van der Waals surface area (Å²) in [7, 11) is 0. The molecule has 2 fully saturated rings. The zero-order valence-electron chi connectivity index (χ0n) is 12.8. The Labute approximate surface area is 122 Å². The number of ether oxygens (including phenoxy) is 2. The lowest BCUT2D eigenvalue weighted by Crippen LogP contribution is -2.50. The molecule has 0 bridgehead atoms. The van der Waals surface area contributed by atoms with Gasteiger partial charge >= 0.3 is 0 Å². The molecule has 2 rings (SSSR count). The first-order valence-corrected chi connectivity index (χ1v) is 7.97. The van der Waals surface area contributed by atoms with Crippen molar-refractivity contribution in [3.8, 4) is 0 Å². The molecule has 0 aromatic rings. The van der Waals surface area contributed by atoms with Gasteiger partial charge in [0.05, 0.1) is 25.2 Å². The number of hydrogen-bond donors (Lipinski definition) is 1. The summed E-state index contributed by atoms with van der Waals surface area (Å²) in [6.07, 6.45) is 3.39. The van der Waals surface area contributed by atoms with Crippen molar-refractivity contribution in [3.63, 3.8) is 0 Å². The second kappa shape index (κ2) is 7.96. The van der Waals surface area contributed by atoms with E-state index in [4.69, 9.17) is 9.47 Å². The van der Waals surface area contributed by atoms with E-state index in [1.54, 1.807) is 0 Å². The van der Waals surface area contributed by atoms with Crippen LogP contribution in [0, 0.1) is 5.92 Å². The maximum absolute atomic E-state index is 12.7. The number of nitrogens with one attached hydrogen (secondary N) is 1. The molecule has 0 aliphatic carbocycles. The van der Waals surface area contributed by atoms with E-state index in [-0.39, 0.29) is 24.0 Å². The average molecular weight is 284 g/mol. The van der Waals surface area contributed by atoms with E-state index in [0.717, 1.165) is 45.5 Å². The molecule has 0 spiro atoms. The minimum Gasteiger partial charge on any atom is -0.379 e. The van der Waals surface area contributed by atoms with Crippen molar-refractivity contribution in [2.24, 2.45) is 5.92 Å². The summed E-state index contributed by atoms with van der Waals surface area (Å²) in [6, 6.07) is 0.176. The topological polar surface area (TPSA) is 50.8 Å². The summed E-state index contributed by atoms with van der Waals surface area (Å²) in [5.41, 5.74) is 0. The molecule has 2 aliphatic heterocycles. The molecular formula is C15H28N2O3. The van der Waals surface area contributed by atoms with E-state index in [9.17, 15) is 4.79 Å². The highest BCUT2D eigenvalue weighted by atomic mass is 16.5. The molecule has 20 heavy (non-hydrogen) atoms. The second-order valence-electron chi connectivity index (χ2n) is 5.71. The molecule has 2 saturated heterocycles. The Hall–Kier alpha value is -0.650. The molecule has 1 amide bonds. The van der Waals surface area contributed by atoms with Crippen molar-refractivity contribution < 1.29 is 14.3 Å². The van der Waals surface area contributed by atoms with Gasteiger partial charge in [0.2, 0.25) is 5.91 Å². The van der Waals surface area contributed by atoms with E-state index in [0.29, 0.717) is 13.2 Å². The van der Waals surface area contributed by atoms with Crippen LogP contribution in [0.4, 0.5) is 0 Å². The van der Waals surface area contributed by atoms with Crippen LogP contribution in [-0.2, 0) is 14.3 Å². The number of carbonyl (C=O) groups excluding carboxylic acids is 1. The van der Waals surface area contributed by atoms with E-state index in [1.807, 2.05) is 11.8 Å². The van der Waals surface area contributed by atoms with Crippen molar-refractivity contribution in [1.82, 2.24) is 10.2 Å². The number of rotatable bonds is 6. The molecule has 0 aromatic carbocycles. The van der Waals surface area contributed by atoms with Gasteiger partial charge in [0.1, 0.15) is 0 Å². The SMILES string of the molecule is CCCNC1COCC1C(=O)N1CCCC(OCC)C1. The highest BCUT2D eigenvalue weighted by molar-refractivity contribution is 5.80. The van der Waals surface area contributed by atoms with Crippen LogP contribution in [0.5, 0.6) is 0 Å². The number of amides is 1. The van der Waals surface area contributed by atoms with Crippen LogP contribution in [-0.4, -0.2) is 62.4 Å². The molecule has 5 nitrogen and oxygen atoms in total. The molecule has 0 aromatic heterocycles. The number of likely N-dealkylation sites (tertiary alicyclic amines) is 1. The predicted molar refractivity (Wildman–Crippen MR) is 77.6 cm³/mol. The molecule has 3 atom stereocenters. The summed E-state index contributed by atoms with van der Waals surface area (Å²) in [4.78, 5) is 14.7. The molecule has 5 heteroatoms. The van der Waals surface area contributed by atoms with Gasteiger partial charge in [-0.3, -0.25) is 4.79 Å². The van der Waals surface area contributed by atoms with Gasteiger partial charge in [-0.1, -0.05) is 6.92 Å². The van der Waals surface area contributed by atoms with Crippen LogP contribution in [0.1, 0.15) is 33.1 Å². The Morgan fingerprint density at radius 1 is 1.40 bits per heavy atom. The molecule has 1 N–H and O–H groups in total. The van der Waals surface area contributed by atoms with E-state index >= 15 is 0 Å². The molecule has 116 valence electrons. The van der Waals surface area contributed by atoms with Gasteiger partial charge in [-0.05, 0) is 32.7 Å². The van der Waals surface area contributed by atoms with Gasteiger partial charge in [-0.25, -0.2) is 0 Å². The van der Waals surface area contributed by atoms with Gasteiger partial charge in [-0.2, -0.15) is 0 Å². The Bertz CT molecular complexity index is 309. The van der Waals surface area contributed by atoms with Crippen LogP contribution in [0.25, 0.3) is 0 Å². The smallest absolute Gasteiger partial charge is 0.229 e. The summed E-state index contributed by atoms with van der Waals surface area (Å²) in [5.74, 6) is 0.211. The Morgan fingerprint density at radius 2 is 2.25 bits per heavy atom. The number of piperidine rings is 1. The first-order chi connectivity index (χ1) is 9.76. The lowest BCUT2D eigenvalue weighted by atomic mass is 9.99. The van der Waals surface area contributed by atoms with Gasteiger partial charge in [-0.15, -0.1) is 0 Å². The lowest BCUT2D eigenvalue weighted by Gasteiger charge is -2.34. The molecule has 2 aliphatic rings. The molecule has 3 unspecified atom stereocenters. The van der Waals surface area contributed by atoms with E-state index < -0.39 is 0 Å². The highest BCUT2D eigenvalue weighted by Gasteiger charge is 2.37. The largest absolute Gasteiger partial charge is 0.379 e.